The lowest BCUT2D eigenvalue weighted by atomic mass is 9.86. The minimum atomic E-state index is -0.156. The molecule has 2 nitrogen and oxygen atoms in total. The summed E-state index contributed by atoms with van der Waals surface area (Å²) in [6, 6.07) is 3.90. The fraction of sp³-hybridized carbons (Fsp3) is 0.688. The first-order valence-corrected chi connectivity index (χ1v) is 8.93. The van der Waals surface area contributed by atoms with Gasteiger partial charge in [0.05, 0.1) is 9.88 Å². The number of piperidine rings is 1. The molecule has 0 radical (unpaired) electrons. The van der Waals surface area contributed by atoms with Crippen LogP contribution in [-0.2, 0) is 11.2 Å². The Morgan fingerprint density at radius 3 is 2.45 bits per heavy atom. The zero-order valence-corrected chi connectivity index (χ0v) is 13.4. The standard InChI is InChI=1S/C16H22ClNOS/c17-15-7-6-13(20-15)12-14(19)16(8-2-3-9-16)18-10-4-1-5-11-18/h6-7H,1-5,8-12H2. The van der Waals surface area contributed by atoms with E-state index < -0.39 is 0 Å². The van der Waals surface area contributed by atoms with Crippen molar-refractivity contribution >= 4 is 28.7 Å². The number of carbonyl (C=O) groups is 1. The molecule has 1 aromatic heterocycles. The molecule has 0 unspecified atom stereocenters. The van der Waals surface area contributed by atoms with Crippen LogP contribution in [0.4, 0.5) is 0 Å². The molecule has 2 aliphatic rings. The molecule has 2 fully saturated rings. The number of rotatable bonds is 4. The van der Waals surface area contributed by atoms with E-state index in [1.165, 1.54) is 32.1 Å². The molecule has 1 aromatic rings. The van der Waals surface area contributed by atoms with Crippen molar-refractivity contribution in [1.82, 2.24) is 4.90 Å². The monoisotopic (exact) mass is 311 g/mol. The largest absolute Gasteiger partial charge is 0.297 e. The molecule has 0 aromatic carbocycles. The van der Waals surface area contributed by atoms with Crippen molar-refractivity contribution in [2.75, 3.05) is 13.1 Å². The molecule has 1 saturated heterocycles. The average Bonchev–Trinajstić information content (AvgIpc) is 3.10. The second-order valence-electron chi connectivity index (χ2n) is 6.09. The second kappa shape index (κ2) is 6.17. The van der Waals surface area contributed by atoms with E-state index in [1.54, 1.807) is 11.3 Å². The van der Waals surface area contributed by atoms with Gasteiger partial charge in [0.1, 0.15) is 0 Å². The number of thiophene rings is 1. The van der Waals surface area contributed by atoms with Gasteiger partial charge in [0, 0.05) is 11.3 Å². The zero-order chi connectivity index (χ0) is 14.0. The van der Waals surface area contributed by atoms with E-state index in [9.17, 15) is 4.79 Å². The molecular weight excluding hydrogens is 290 g/mol. The maximum absolute atomic E-state index is 13.0. The molecule has 0 bridgehead atoms. The first kappa shape index (κ1) is 14.6. The van der Waals surface area contributed by atoms with Crippen LogP contribution in [0, 0.1) is 0 Å². The van der Waals surface area contributed by atoms with Gasteiger partial charge in [-0.2, -0.15) is 0 Å². The number of ketones is 1. The Bertz CT molecular complexity index is 473. The summed E-state index contributed by atoms with van der Waals surface area (Å²) in [6.07, 6.45) is 8.91. The van der Waals surface area contributed by atoms with Crippen molar-refractivity contribution in [2.24, 2.45) is 0 Å². The molecule has 0 atom stereocenters. The highest BCUT2D eigenvalue weighted by Crippen LogP contribution is 2.39. The molecule has 3 rings (SSSR count). The van der Waals surface area contributed by atoms with Gasteiger partial charge in [-0.25, -0.2) is 0 Å². The van der Waals surface area contributed by atoms with Crippen LogP contribution in [0.5, 0.6) is 0 Å². The maximum atomic E-state index is 13.0. The third-order valence-corrected chi connectivity index (χ3v) is 6.11. The van der Waals surface area contributed by atoms with Crippen LogP contribution in [-0.4, -0.2) is 29.3 Å². The summed E-state index contributed by atoms with van der Waals surface area (Å²) < 4.78 is 0.784. The molecule has 0 N–H and O–H groups in total. The van der Waals surface area contributed by atoms with Crippen molar-refractivity contribution in [3.63, 3.8) is 0 Å². The Balaban J connectivity index is 1.76. The quantitative estimate of drug-likeness (QED) is 0.825. The van der Waals surface area contributed by atoms with Gasteiger partial charge in [-0.05, 0) is 50.9 Å². The average molecular weight is 312 g/mol. The van der Waals surface area contributed by atoms with E-state index in [4.69, 9.17) is 11.6 Å². The molecule has 1 saturated carbocycles. The lowest BCUT2D eigenvalue weighted by molar-refractivity contribution is -0.131. The number of Topliss-reactive ketones (excluding diaryl/α,β-unsaturated/α-hetero) is 1. The van der Waals surface area contributed by atoms with Gasteiger partial charge < -0.3 is 0 Å². The van der Waals surface area contributed by atoms with Crippen molar-refractivity contribution in [2.45, 2.75) is 56.9 Å². The lowest BCUT2D eigenvalue weighted by Gasteiger charge is -2.42. The van der Waals surface area contributed by atoms with E-state index in [1.807, 2.05) is 12.1 Å². The SMILES string of the molecule is O=C(Cc1ccc(Cl)s1)C1(N2CCCCC2)CCCC1. The summed E-state index contributed by atoms with van der Waals surface area (Å²) in [7, 11) is 0. The third kappa shape index (κ3) is 2.81. The van der Waals surface area contributed by atoms with Gasteiger partial charge in [0.25, 0.3) is 0 Å². The predicted octanol–water partition coefficient (Wildman–Crippen LogP) is 4.31. The molecule has 0 spiro atoms. The van der Waals surface area contributed by atoms with E-state index in [0.717, 1.165) is 35.1 Å². The molecule has 20 heavy (non-hydrogen) atoms. The Hall–Kier alpha value is -0.380. The van der Waals surface area contributed by atoms with E-state index in [-0.39, 0.29) is 5.54 Å². The van der Waals surface area contributed by atoms with Crippen LogP contribution in [0.2, 0.25) is 4.34 Å². The van der Waals surface area contributed by atoms with Crippen LogP contribution < -0.4 is 0 Å². The topological polar surface area (TPSA) is 20.3 Å². The summed E-state index contributed by atoms with van der Waals surface area (Å²) in [5, 5.41) is 0. The van der Waals surface area contributed by atoms with Crippen molar-refractivity contribution < 1.29 is 4.79 Å². The highest BCUT2D eigenvalue weighted by Gasteiger charge is 2.45. The van der Waals surface area contributed by atoms with E-state index in [0.29, 0.717) is 12.2 Å². The Kier molecular flexibility index (Phi) is 4.49. The highest BCUT2D eigenvalue weighted by atomic mass is 35.5. The summed E-state index contributed by atoms with van der Waals surface area (Å²) in [5.74, 6) is 0.426. The van der Waals surface area contributed by atoms with Gasteiger partial charge in [-0.3, -0.25) is 9.69 Å². The minimum absolute atomic E-state index is 0.156. The van der Waals surface area contributed by atoms with Crippen molar-refractivity contribution in [3.8, 4) is 0 Å². The summed E-state index contributed by atoms with van der Waals surface area (Å²) in [5.41, 5.74) is -0.156. The van der Waals surface area contributed by atoms with Crippen LogP contribution in [0.3, 0.4) is 0 Å². The predicted molar refractivity (Wildman–Crippen MR) is 84.7 cm³/mol. The fourth-order valence-electron chi connectivity index (χ4n) is 3.82. The van der Waals surface area contributed by atoms with Gasteiger partial charge in [0.2, 0.25) is 0 Å². The number of halogens is 1. The highest BCUT2D eigenvalue weighted by molar-refractivity contribution is 7.16. The number of nitrogens with zero attached hydrogens (tertiary/aromatic N) is 1. The molecule has 1 aliphatic heterocycles. The van der Waals surface area contributed by atoms with Crippen LogP contribution in [0.15, 0.2) is 12.1 Å². The van der Waals surface area contributed by atoms with Crippen LogP contribution in [0.25, 0.3) is 0 Å². The van der Waals surface area contributed by atoms with E-state index >= 15 is 0 Å². The number of hydrogen-bond acceptors (Lipinski definition) is 3. The van der Waals surface area contributed by atoms with Gasteiger partial charge in [-0.15, -0.1) is 11.3 Å². The molecular formula is C16H22ClNOS. The smallest absolute Gasteiger partial charge is 0.158 e. The normalized spacial score (nSPS) is 23.1. The summed E-state index contributed by atoms with van der Waals surface area (Å²) >= 11 is 7.53. The summed E-state index contributed by atoms with van der Waals surface area (Å²) in [4.78, 5) is 16.6. The van der Waals surface area contributed by atoms with Gasteiger partial charge in [-0.1, -0.05) is 30.9 Å². The summed E-state index contributed by atoms with van der Waals surface area (Å²) in [6.45, 7) is 2.22. The number of likely N-dealkylation sites (tertiary alicyclic amines) is 1. The third-order valence-electron chi connectivity index (χ3n) is 4.87. The van der Waals surface area contributed by atoms with Crippen LogP contribution in [0.1, 0.15) is 49.8 Å². The number of hydrogen-bond donors (Lipinski definition) is 0. The molecule has 4 heteroatoms. The van der Waals surface area contributed by atoms with Gasteiger partial charge in [0.15, 0.2) is 5.78 Å². The zero-order valence-electron chi connectivity index (χ0n) is 11.9. The van der Waals surface area contributed by atoms with Gasteiger partial charge >= 0.3 is 0 Å². The Labute approximate surface area is 130 Å². The molecule has 0 amide bonds. The fourth-order valence-corrected chi connectivity index (χ4v) is 4.91. The second-order valence-corrected chi connectivity index (χ2v) is 7.89. The first-order valence-electron chi connectivity index (χ1n) is 7.73. The van der Waals surface area contributed by atoms with E-state index in [2.05, 4.69) is 4.90 Å². The Morgan fingerprint density at radius 2 is 1.85 bits per heavy atom. The first-order chi connectivity index (χ1) is 9.71. The molecule has 1 aliphatic carbocycles. The minimum Gasteiger partial charge on any atom is -0.297 e. The maximum Gasteiger partial charge on any atom is 0.158 e. The molecule has 110 valence electrons. The van der Waals surface area contributed by atoms with Crippen molar-refractivity contribution in [3.05, 3.63) is 21.3 Å². The Morgan fingerprint density at radius 1 is 1.15 bits per heavy atom. The lowest BCUT2D eigenvalue weighted by Crippen LogP contribution is -2.55. The van der Waals surface area contributed by atoms with Crippen molar-refractivity contribution in [1.29, 1.82) is 0 Å². The number of carbonyl (C=O) groups excluding carboxylic acids is 1. The van der Waals surface area contributed by atoms with Crippen LogP contribution >= 0.6 is 22.9 Å². The molecule has 2 heterocycles.